The van der Waals surface area contributed by atoms with E-state index in [0.29, 0.717) is 6.54 Å². The molecule has 0 saturated heterocycles. The second kappa shape index (κ2) is 7.29. The maximum Gasteiger partial charge on any atom is 0.407 e. The summed E-state index contributed by atoms with van der Waals surface area (Å²) >= 11 is 0. The van der Waals surface area contributed by atoms with E-state index < -0.39 is 0 Å². The molecule has 2 rings (SSSR count). The van der Waals surface area contributed by atoms with Crippen LogP contribution in [0, 0.1) is 6.92 Å². The fourth-order valence-electron chi connectivity index (χ4n) is 2.17. The number of amides is 1. The molecular formula is C16H23NO3. The number of aryl methyl sites for hydroxylation is 2. The highest BCUT2D eigenvalue weighted by Crippen LogP contribution is 2.23. The molecule has 1 aromatic rings. The first-order valence-corrected chi connectivity index (χ1v) is 7.20. The maximum atomic E-state index is 11.5. The number of ether oxygens (including phenoxy) is 2. The largest absolute Gasteiger partial charge is 0.446 e. The zero-order valence-corrected chi connectivity index (χ0v) is 12.3. The molecule has 1 aliphatic carbocycles. The number of alkyl carbamates (subject to hydrolysis) is 1. The Hall–Kier alpha value is -1.55. The molecule has 0 spiro atoms. The topological polar surface area (TPSA) is 47.6 Å². The third-order valence-electron chi connectivity index (χ3n) is 3.25. The van der Waals surface area contributed by atoms with Crippen LogP contribution in [-0.4, -0.2) is 25.9 Å². The third kappa shape index (κ3) is 5.21. The Bertz CT molecular complexity index is 455. The summed E-state index contributed by atoms with van der Waals surface area (Å²) < 4.78 is 10.2. The first-order chi connectivity index (χ1) is 9.67. The quantitative estimate of drug-likeness (QED) is 0.779. The molecule has 0 aliphatic heterocycles. The molecule has 0 atom stereocenters. The van der Waals surface area contributed by atoms with Gasteiger partial charge in [0, 0.05) is 20.3 Å². The van der Waals surface area contributed by atoms with Crippen LogP contribution in [-0.2, 0) is 22.4 Å². The monoisotopic (exact) mass is 277 g/mol. The molecule has 0 unspecified atom stereocenters. The van der Waals surface area contributed by atoms with Gasteiger partial charge < -0.3 is 14.8 Å². The molecule has 110 valence electrons. The van der Waals surface area contributed by atoms with E-state index in [-0.39, 0.29) is 12.2 Å². The third-order valence-corrected chi connectivity index (χ3v) is 3.25. The van der Waals surface area contributed by atoms with Crippen LogP contribution in [0.2, 0.25) is 0 Å². The highest BCUT2D eigenvalue weighted by molar-refractivity contribution is 5.67. The van der Waals surface area contributed by atoms with Crippen LogP contribution in [0.15, 0.2) is 18.2 Å². The predicted octanol–water partition coefficient (Wildman–Crippen LogP) is 2.96. The van der Waals surface area contributed by atoms with Crippen LogP contribution < -0.4 is 5.32 Å². The fraction of sp³-hybridized carbons (Fsp3) is 0.562. The van der Waals surface area contributed by atoms with Crippen molar-refractivity contribution in [2.75, 3.05) is 13.7 Å². The molecule has 4 heteroatoms. The number of rotatable bonds is 7. The Morgan fingerprint density at radius 1 is 1.30 bits per heavy atom. The Morgan fingerprint density at radius 2 is 2.05 bits per heavy atom. The predicted molar refractivity (Wildman–Crippen MR) is 77.7 cm³/mol. The molecule has 1 aliphatic rings. The minimum Gasteiger partial charge on any atom is -0.446 e. The van der Waals surface area contributed by atoms with Crippen molar-refractivity contribution in [2.24, 2.45) is 0 Å². The zero-order valence-electron chi connectivity index (χ0n) is 12.3. The van der Waals surface area contributed by atoms with Crippen LogP contribution in [0.5, 0.6) is 0 Å². The van der Waals surface area contributed by atoms with Crippen molar-refractivity contribution in [2.45, 2.75) is 45.3 Å². The molecule has 20 heavy (non-hydrogen) atoms. The Balaban J connectivity index is 1.84. The number of nitrogens with one attached hydrogen (secondary N) is 1. The van der Waals surface area contributed by atoms with Crippen LogP contribution in [0.25, 0.3) is 0 Å². The lowest BCUT2D eigenvalue weighted by Gasteiger charge is -2.09. The van der Waals surface area contributed by atoms with Gasteiger partial charge in [0.1, 0.15) is 6.10 Å². The van der Waals surface area contributed by atoms with Crippen LogP contribution in [0.1, 0.15) is 36.0 Å². The number of hydrogen-bond donors (Lipinski definition) is 1. The Labute approximate surface area is 120 Å². The smallest absolute Gasteiger partial charge is 0.407 e. The van der Waals surface area contributed by atoms with E-state index in [2.05, 4.69) is 30.4 Å². The van der Waals surface area contributed by atoms with Gasteiger partial charge >= 0.3 is 6.09 Å². The first-order valence-electron chi connectivity index (χ1n) is 7.20. The van der Waals surface area contributed by atoms with E-state index in [1.807, 2.05) is 0 Å². The fourth-order valence-corrected chi connectivity index (χ4v) is 2.17. The first kappa shape index (κ1) is 14.9. The summed E-state index contributed by atoms with van der Waals surface area (Å²) in [6.07, 6.45) is 3.85. The highest BCUT2D eigenvalue weighted by atomic mass is 16.6. The SMILES string of the molecule is COCCCc1cc(C)cc(CNC(=O)OC2CC2)c1. The summed E-state index contributed by atoms with van der Waals surface area (Å²) in [4.78, 5) is 11.5. The van der Waals surface area contributed by atoms with Crippen LogP contribution >= 0.6 is 0 Å². The van der Waals surface area contributed by atoms with Gasteiger partial charge in [-0.2, -0.15) is 0 Å². The van der Waals surface area contributed by atoms with E-state index >= 15 is 0 Å². The number of hydrogen-bond acceptors (Lipinski definition) is 3. The Kier molecular flexibility index (Phi) is 5.41. The summed E-state index contributed by atoms with van der Waals surface area (Å²) in [6, 6.07) is 6.42. The lowest BCUT2D eigenvalue weighted by molar-refractivity contribution is 0.138. The summed E-state index contributed by atoms with van der Waals surface area (Å²) in [5.41, 5.74) is 3.62. The van der Waals surface area contributed by atoms with E-state index in [1.165, 1.54) is 11.1 Å². The average Bonchev–Trinajstić information content (AvgIpc) is 3.20. The van der Waals surface area contributed by atoms with Gasteiger partial charge in [0.15, 0.2) is 0 Å². The zero-order chi connectivity index (χ0) is 14.4. The number of benzene rings is 1. The van der Waals surface area contributed by atoms with Gasteiger partial charge in [0.25, 0.3) is 0 Å². The number of carbonyl (C=O) groups is 1. The van der Waals surface area contributed by atoms with Gasteiger partial charge in [-0.1, -0.05) is 23.8 Å². The minimum absolute atomic E-state index is 0.150. The van der Waals surface area contributed by atoms with E-state index in [0.717, 1.165) is 37.9 Å². The molecule has 1 amide bonds. The molecule has 0 bridgehead atoms. The van der Waals surface area contributed by atoms with Crippen molar-refractivity contribution in [3.8, 4) is 0 Å². The second-order valence-electron chi connectivity index (χ2n) is 5.38. The lowest BCUT2D eigenvalue weighted by atomic mass is 10.0. The average molecular weight is 277 g/mol. The maximum absolute atomic E-state index is 11.5. The van der Waals surface area contributed by atoms with E-state index in [4.69, 9.17) is 9.47 Å². The number of methoxy groups -OCH3 is 1. The van der Waals surface area contributed by atoms with Crippen molar-refractivity contribution in [1.82, 2.24) is 5.32 Å². The molecule has 0 radical (unpaired) electrons. The Morgan fingerprint density at radius 3 is 2.75 bits per heavy atom. The van der Waals surface area contributed by atoms with E-state index in [1.54, 1.807) is 7.11 Å². The molecule has 1 saturated carbocycles. The van der Waals surface area contributed by atoms with Gasteiger partial charge in [-0.3, -0.25) is 0 Å². The molecule has 1 aromatic carbocycles. The minimum atomic E-state index is -0.310. The highest BCUT2D eigenvalue weighted by Gasteiger charge is 2.25. The van der Waals surface area contributed by atoms with Crippen molar-refractivity contribution in [3.05, 3.63) is 34.9 Å². The normalized spacial score (nSPS) is 14.1. The van der Waals surface area contributed by atoms with Gasteiger partial charge in [-0.15, -0.1) is 0 Å². The van der Waals surface area contributed by atoms with Gasteiger partial charge in [0.05, 0.1) is 0 Å². The molecule has 1 fully saturated rings. The van der Waals surface area contributed by atoms with Crippen molar-refractivity contribution < 1.29 is 14.3 Å². The van der Waals surface area contributed by atoms with Gasteiger partial charge in [-0.25, -0.2) is 4.79 Å². The molecule has 4 nitrogen and oxygen atoms in total. The summed E-state index contributed by atoms with van der Waals surface area (Å²) in [6.45, 7) is 3.37. The number of carbonyl (C=O) groups excluding carboxylic acids is 1. The van der Waals surface area contributed by atoms with Crippen LogP contribution in [0.3, 0.4) is 0 Å². The van der Waals surface area contributed by atoms with E-state index in [9.17, 15) is 4.79 Å². The summed E-state index contributed by atoms with van der Waals surface area (Å²) in [7, 11) is 1.72. The van der Waals surface area contributed by atoms with Gasteiger partial charge in [-0.05, 0) is 43.7 Å². The van der Waals surface area contributed by atoms with Gasteiger partial charge in [0.2, 0.25) is 0 Å². The summed E-state index contributed by atoms with van der Waals surface area (Å²) in [5.74, 6) is 0. The lowest BCUT2D eigenvalue weighted by Crippen LogP contribution is -2.24. The van der Waals surface area contributed by atoms with Crippen molar-refractivity contribution in [1.29, 1.82) is 0 Å². The standard InChI is InChI=1S/C16H23NO3/c1-12-8-13(4-3-7-19-2)10-14(9-12)11-17-16(18)20-15-5-6-15/h8-10,15H,3-7,11H2,1-2H3,(H,17,18). The summed E-state index contributed by atoms with van der Waals surface area (Å²) in [5, 5.41) is 2.81. The molecule has 0 heterocycles. The molecular weight excluding hydrogens is 254 g/mol. The molecule has 0 aromatic heterocycles. The van der Waals surface area contributed by atoms with Crippen molar-refractivity contribution in [3.63, 3.8) is 0 Å². The second-order valence-corrected chi connectivity index (χ2v) is 5.38. The molecule has 1 N–H and O–H groups in total. The van der Waals surface area contributed by atoms with Crippen LogP contribution in [0.4, 0.5) is 4.79 Å². The van der Waals surface area contributed by atoms with Crippen molar-refractivity contribution >= 4 is 6.09 Å².